The van der Waals surface area contributed by atoms with E-state index in [1.165, 1.54) is 18.3 Å². The van der Waals surface area contributed by atoms with Crippen LogP contribution in [0.2, 0.25) is 5.02 Å². The van der Waals surface area contributed by atoms with E-state index in [2.05, 4.69) is 20.0 Å². The number of hydrogen-bond acceptors (Lipinski definition) is 5. The summed E-state index contributed by atoms with van der Waals surface area (Å²) in [6.45, 7) is 1.11. The van der Waals surface area contributed by atoms with Gasteiger partial charge in [-0.05, 0) is 30.3 Å². The third kappa shape index (κ3) is 3.84. The maximum atomic E-state index is 14.5. The Bertz CT molecular complexity index is 957. The van der Waals surface area contributed by atoms with E-state index in [1.807, 2.05) is 0 Å². The predicted octanol–water partition coefficient (Wildman–Crippen LogP) is 3.86. The molecule has 0 aliphatic carbocycles. The van der Waals surface area contributed by atoms with Crippen molar-refractivity contribution in [3.8, 4) is 0 Å². The van der Waals surface area contributed by atoms with Gasteiger partial charge >= 0.3 is 0 Å². The highest BCUT2D eigenvalue weighted by atomic mass is 35.5. The number of ether oxygens (including phenoxy) is 1. The van der Waals surface area contributed by atoms with Crippen molar-refractivity contribution < 1.29 is 27.1 Å². The first-order valence-electron chi connectivity index (χ1n) is 8.32. The third-order valence-electron chi connectivity index (χ3n) is 4.56. The zero-order valence-electron chi connectivity index (χ0n) is 14.9. The van der Waals surface area contributed by atoms with Gasteiger partial charge < -0.3 is 15.8 Å². The molecule has 3 N–H and O–H groups in total. The number of anilines is 1. The Morgan fingerprint density at radius 2 is 2.07 bits per heavy atom. The summed E-state index contributed by atoms with van der Waals surface area (Å²) < 4.78 is 61.4. The SMILES string of the molecule is C[C@H]1[C@@H](F)OC(N)=N[C@@]1(c1cc(NC(=O)c2ccc(Cl)cn2)ccc1F)C(F)F. The molecule has 11 heteroatoms. The van der Waals surface area contributed by atoms with Crippen molar-refractivity contribution >= 4 is 29.2 Å². The highest BCUT2D eigenvalue weighted by Gasteiger charge is 2.55. The Morgan fingerprint density at radius 3 is 2.69 bits per heavy atom. The average molecular weight is 431 g/mol. The number of carbonyl (C=O) groups is 1. The molecule has 6 nitrogen and oxygen atoms in total. The van der Waals surface area contributed by atoms with Gasteiger partial charge in [0, 0.05) is 17.4 Å². The third-order valence-corrected chi connectivity index (χ3v) is 4.79. The number of carbonyl (C=O) groups excluding carboxylic acids is 1. The van der Waals surface area contributed by atoms with Gasteiger partial charge in [-0.15, -0.1) is 0 Å². The molecule has 154 valence electrons. The van der Waals surface area contributed by atoms with Crippen LogP contribution in [0.5, 0.6) is 0 Å². The van der Waals surface area contributed by atoms with Gasteiger partial charge in [0.1, 0.15) is 11.5 Å². The van der Waals surface area contributed by atoms with E-state index in [0.29, 0.717) is 5.02 Å². The van der Waals surface area contributed by atoms with Crippen molar-refractivity contribution in [3.63, 3.8) is 0 Å². The van der Waals surface area contributed by atoms with Crippen LogP contribution in [0, 0.1) is 11.7 Å². The van der Waals surface area contributed by atoms with Crippen molar-refractivity contribution in [2.75, 3.05) is 5.32 Å². The minimum Gasteiger partial charge on any atom is -0.430 e. The average Bonchev–Trinajstić information content (AvgIpc) is 2.66. The smallest absolute Gasteiger partial charge is 0.285 e. The van der Waals surface area contributed by atoms with Gasteiger partial charge in [-0.3, -0.25) is 4.79 Å². The number of amides is 1. The number of nitrogens with one attached hydrogen (secondary N) is 1. The summed E-state index contributed by atoms with van der Waals surface area (Å²) in [6.07, 6.45) is -4.28. The number of aliphatic imine (C=N–C) groups is 1. The van der Waals surface area contributed by atoms with Crippen LogP contribution in [0.25, 0.3) is 0 Å². The lowest BCUT2D eigenvalue weighted by molar-refractivity contribution is -0.0914. The molecule has 0 bridgehead atoms. The number of rotatable bonds is 4. The van der Waals surface area contributed by atoms with Crippen LogP contribution in [0.1, 0.15) is 23.0 Å². The number of halogens is 5. The Balaban J connectivity index is 2.02. The molecule has 1 aliphatic heterocycles. The van der Waals surface area contributed by atoms with Crippen molar-refractivity contribution in [1.29, 1.82) is 0 Å². The van der Waals surface area contributed by atoms with Crippen LogP contribution < -0.4 is 11.1 Å². The largest absolute Gasteiger partial charge is 0.430 e. The van der Waals surface area contributed by atoms with Crippen molar-refractivity contribution in [1.82, 2.24) is 4.98 Å². The van der Waals surface area contributed by atoms with E-state index < -0.39 is 47.5 Å². The minimum atomic E-state index is -3.31. The van der Waals surface area contributed by atoms with Gasteiger partial charge in [-0.25, -0.2) is 27.5 Å². The molecular weight excluding hydrogens is 416 g/mol. The summed E-state index contributed by atoms with van der Waals surface area (Å²) >= 11 is 5.71. The van der Waals surface area contributed by atoms with Crippen LogP contribution >= 0.6 is 11.6 Å². The second kappa shape index (κ2) is 7.86. The molecule has 2 heterocycles. The molecule has 29 heavy (non-hydrogen) atoms. The number of pyridine rings is 1. The molecule has 3 rings (SSSR count). The van der Waals surface area contributed by atoms with Crippen molar-refractivity contribution in [3.05, 3.63) is 58.6 Å². The molecule has 3 atom stereocenters. The maximum Gasteiger partial charge on any atom is 0.285 e. The van der Waals surface area contributed by atoms with Gasteiger partial charge in [0.2, 0.25) is 6.36 Å². The zero-order chi connectivity index (χ0) is 21.3. The highest BCUT2D eigenvalue weighted by molar-refractivity contribution is 6.30. The monoisotopic (exact) mass is 430 g/mol. The molecule has 1 aromatic heterocycles. The molecule has 0 saturated heterocycles. The van der Waals surface area contributed by atoms with E-state index in [4.69, 9.17) is 17.3 Å². The minimum absolute atomic E-state index is 0.00521. The summed E-state index contributed by atoms with van der Waals surface area (Å²) in [5.74, 6) is -3.31. The number of alkyl halides is 3. The van der Waals surface area contributed by atoms with Crippen LogP contribution in [0.4, 0.5) is 23.2 Å². The van der Waals surface area contributed by atoms with Crippen LogP contribution in [0.15, 0.2) is 41.5 Å². The number of aromatic nitrogens is 1. The molecule has 0 saturated carbocycles. The Labute approximate surface area is 167 Å². The van der Waals surface area contributed by atoms with Crippen molar-refractivity contribution in [2.24, 2.45) is 16.6 Å². The second-order valence-electron chi connectivity index (χ2n) is 6.34. The first-order valence-corrected chi connectivity index (χ1v) is 8.70. The zero-order valence-corrected chi connectivity index (χ0v) is 15.6. The molecule has 0 fully saturated rings. The van der Waals surface area contributed by atoms with E-state index in [9.17, 15) is 22.4 Å². The molecule has 1 aromatic carbocycles. The lowest BCUT2D eigenvalue weighted by Crippen LogP contribution is -2.50. The molecule has 1 amide bonds. The maximum absolute atomic E-state index is 14.5. The lowest BCUT2D eigenvalue weighted by atomic mass is 9.78. The Morgan fingerprint density at radius 1 is 1.34 bits per heavy atom. The van der Waals surface area contributed by atoms with Gasteiger partial charge in [0.15, 0.2) is 5.54 Å². The Hall–Kier alpha value is -2.88. The van der Waals surface area contributed by atoms with E-state index >= 15 is 0 Å². The highest BCUT2D eigenvalue weighted by Crippen LogP contribution is 2.46. The Kier molecular flexibility index (Phi) is 5.65. The fourth-order valence-corrected chi connectivity index (χ4v) is 3.13. The number of hydrogen-bond donors (Lipinski definition) is 2. The molecule has 0 unspecified atom stereocenters. The molecule has 1 aliphatic rings. The first-order chi connectivity index (χ1) is 13.6. The van der Waals surface area contributed by atoms with Crippen molar-refractivity contribution in [2.45, 2.75) is 25.2 Å². The fraction of sp³-hybridized carbons (Fsp3) is 0.278. The first kappa shape index (κ1) is 20.8. The number of nitrogens with two attached hydrogens (primary N) is 1. The van der Waals surface area contributed by atoms with E-state index in [1.54, 1.807) is 0 Å². The molecule has 2 aromatic rings. The summed E-state index contributed by atoms with van der Waals surface area (Å²) in [4.78, 5) is 19.7. The van der Waals surface area contributed by atoms with E-state index in [0.717, 1.165) is 25.1 Å². The number of nitrogens with zero attached hydrogens (tertiary/aromatic N) is 2. The van der Waals surface area contributed by atoms with Gasteiger partial charge in [0.05, 0.1) is 10.9 Å². The summed E-state index contributed by atoms with van der Waals surface area (Å²) in [5.41, 5.74) is 2.05. The number of amidine groups is 1. The quantitative estimate of drug-likeness (QED) is 0.721. The lowest BCUT2D eigenvalue weighted by Gasteiger charge is -2.40. The molecule has 0 radical (unpaired) electrons. The molecular formula is C18H15ClF4N4O2. The predicted molar refractivity (Wildman–Crippen MR) is 98.0 cm³/mol. The standard InChI is InChI=1S/C18H15ClF4N4O2/c1-8-14(21)29-17(24)27-18(8,16(22)23)11-6-10(3-4-12(11)20)26-15(28)13-5-2-9(19)7-25-13/h2-8,14,16H,1H3,(H2,24,27)(H,26,28)/t8-,14-,18-/m0/s1. The topological polar surface area (TPSA) is 89.6 Å². The summed E-state index contributed by atoms with van der Waals surface area (Å²) in [5, 5.41) is 2.73. The number of benzene rings is 1. The van der Waals surface area contributed by atoms with Crippen LogP contribution in [-0.4, -0.2) is 29.7 Å². The van der Waals surface area contributed by atoms with Crippen LogP contribution in [-0.2, 0) is 10.3 Å². The fourth-order valence-electron chi connectivity index (χ4n) is 3.01. The second-order valence-corrected chi connectivity index (χ2v) is 6.78. The summed E-state index contributed by atoms with van der Waals surface area (Å²) in [6, 6.07) is 4.95. The normalized spacial score (nSPS) is 24.0. The van der Waals surface area contributed by atoms with Gasteiger partial charge in [0.25, 0.3) is 18.4 Å². The van der Waals surface area contributed by atoms with Gasteiger partial charge in [-0.2, -0.15) is 0 Å². The molecule has 0 spiro atoms. The summed E-state index contributed by atoms with van der Waals surface area (Å²) in [7, 11) is 0. The van der Waals surface area contributed by atoms with Gasteiger partial charge in [-0.1, -0.05) is 18.5 Å². The van der Waals surface area contributed by atoms with E-state index in [-0.39, 0.29) is 11.4 Å². The van der Waals surface area contributed by atoms with Crippen LogP contribution in [0.3, 0.4) is 0 Å².